The first kappa shape index (κ1) is 16.9. The molecule has 0 bridgehead atoms. The van der Waals surface area contributed by atoms with Crippen molar-refractivity contribution in [2.45, 2.75) is 0 Å². The fourth-order valence-corrected chi connectivity index (χ4v) is 1.53. The highest BCUT2D eigenvalue weighted by atomic mass is 32.2. The summed E-state index contributed by atoms with van der Waals surface area (Å²) in [6.07, 6.45) is 2.55. The van der Waals surface area contributed by atoms with E-state index < -0.39 is 12.6 Å². The van der Waals surface area contributed by atoms with E-state index >= 15 is 0 Å². The van der Waals surface area contributed by atoms with Gasteiger partial charge in [0.25, 0.3) is 11.8 Å². The lowest BCUT2D eigenvalue weighted by Gasteiger charge is -2.12. The lowest BCUT2D eigenvalue weighted by Crippen LogP contribution is -2.29. The zero-order valence-electron chi connectivity index (χ0n) is 11.1. The molecule has 0 radical (unpaired) electrons. The van der Waals surface area contributed by atoms with E-state index in [4.69, 9.17) is 5.11 Å². The summed E-state index contributed by atoms with van der Waals surface area (Å²) >= 11 is 0.531. The molecule has 0 aromatic heterocycles. The van der Waals surface area contributed by atoms with Crippen LogP contribution in [0.5, 0.6) is 0 Å². The highest BCUT2D eigenvalue weighted by Crippen LogP contribution is 2.17. The fourth-order valence-electron chi connectivity index (χ4n) is 1.33. The van der Waals surface area contributed by atoms with Crippen LogP contribution >= 0.6 is 12.3 Å². The Morgan fingerprint density at radius 1 is 1.19 bits per heavy atom. The highest BCUT2D eigenvalue weighted by Gasteiger charge is 2.24. The Morgan fingerprint density at radius 2 is 1.76 bits per heavy atom. The van der Waals surface area contributed by atoms with Crippen LogP contribution in [0.2, 0.25) is 0 Å². The molecule has 2 amide bonds. The molecule has 0 saturated heterocycles. The molecule has 112 valence electrons. The number of anilines is 1. The number of nitrogens with zero attached hydrogens (tertiary/aromatic N) is 1. The van der Waals surface area contributed by atoms with Crippen LogP contribution in [-0.2, 0) is 22.7 Å². The van der Waals surface area contributed by atoms with Crippen molar-refractivity contribution in [1.29, 1.82) is 0 Å². The molecule has 1 heterocycles. The van der Waals surface area contributed by atoms with E-state index in [-0.39, 0.29) is 11.8 Å². The first-order valence-corrected chi connectivity index (χ1v) is 6.39. The number of hydrogen-bond acceptors (Lipinski definition) is 7. The number of carbonyl (C=O) groups excluding carboxylic acids is 3. The monoisotopic (exact) mass is 311 g/mol. The topological polar surface area (TPSA) is 93.1 Å². The molecule has 0 spiro atoms. The second-order valence-electron chi connectivity index (χ2n) is 3.53. The number of carbonyl (C=O) groups is 3. The molecule has 21 heavy (non-hydrogen) atoms. The number of para-hydroxylation sites is 1. The molecule has 1 aromatic carbocycles. The van der Waals surface area contributed by atoms with Crippen LogP contribution in [-0.4, -0.2) is 36.6 Å². The first-order chi connectivity index (χ1) is 10.1. The molecular formula is C13H13NO6S. The number of amides is 2. The largest absolute Gasteiger partial charge is 0.385 e. The van der Waals surface area contributed by atoms with Gasteiger partial charge in [-0.2, -0.15) is 0 Å². The molecule has 7 nitrogen and oxygen atoms in total. The molecule has 8 heteroatoms. The Morgan fingerprint density at radius 3 is 2.24 bits per heavy atom. The Labute approximate surface area is 125 Å². The van der Waals surface area contributed by atoms with E-state index in [1.54, 1.807) is 24.3 Å². The zero-order valence-corrected chi connectivity index (χ0v) is 11.9. The number of rotatable bonds is 4. The molecule has 1 N–H and O–H groups in total. The van der Waals surface area contributed by atoms with Crippen molar-refractivity contribution in [3.05, 3.63) is 42.5 Å². The molecule has 0 aliphatic carbocycles. The second kappa shape index (κ2) is 8.90. The summed E-state index contributed by atoms with van der Waals surface area (Å²) in [5.41, 5.74) is 0.613. The molecule has 2 rings (SSSR count). The lowest BCUT2D eigenvalue weighted by atomic mass is 10.3. The zero-order chi connectivity index (χ0) is 15.7. The molecule has 1 aliphatic rings. The lowest BCUT2D eigenvalue weighted by molar-refractivity contribution is -0.136. The average molecular weight is 311 g/mol. The summed E-state index contributed by atoms with van der Waals surface area (Å²) < 4.78 is 8.42. The second-order valence-corrected chi connectivity index (χ2v) is 4.17. The van der Waals surface area contributed by atoms with Gasteiger partial charge in [-0.25, -0.2) is 9.69 Å². The van der Waals surface area contributed by atoms with Gasteiger partial charge in [0.1, 0.15) is 6.61 Å². The molecule has 1 aromatic rings. The van der Waals surface area contributed by atoms with Crippen molar-refractivity contribution in [3.8, 4) is 0 Å². The van der Waals surface area contributed by atoms with E-state index in [0.29, 0.717) is 18.0 Å². The number of imide groups is 1. The summed E-state index contributed by atoms with van der Waals surface area (Å²) in [5, 5.41) is 8.02. The van der Waals surface area contributed by atoms with Crippen LogP contribution in [0.15, 0.2) is 42.5 Å². The quantitative estimate of drug-likeness (QED) is 0.650. The summed E-state index contributed by atoms with van der Waals surface area (Å²) in [6.45, 7) is -0.615. The predicted octanol–water partition coefficient (Wildman–Crippen LogP) is 0.848. The summed E-state index contributed by atoms with van der Waals surface area (Å²) in [6, 6.07) is 8.86. The van der Waals surface area contributed by atoms with Gasteiger partial charge in [0.05, 0.1) is 12.8 Å². The van der Waals surface area contributed by atoms with Crippen molar-refractivity contribution < 1.29 is 27.9 Å². The smallest absolute Gasteiger partial charge is 0.345 e. The molecule has 0 fully saturated rings. The molecule has 1 aliphatic heterocycles. The van der Waals surface area contributed by atoms with Gasteiger partial charge in [-0.15, -0.1) is 0 Å². The average Bonchev–Trinajstić information content (AvgIpc) is 2.85. The number of benzene rings is 1. The molecule has 0 unspecified atom stereocenters. The van der Waals surface area contributed by atoms with Gasteiger partial charge in [0.2, 0.25) is 12.3 Å². The summed E-state index contributed by atoms with van der Waals surface area (Å²) in [7, 11) is 1.36. The van der Waals surface area contributed by atoms with Crippen LogP contribution in [0, 0.1) is 0 Å². The third-order valence-electron chi connectivity index (χ3n) is 2.15. The van der Waals surface area contributed by atoms with Crippen LogP contribution in [0.3, 0.4) is 0 Å². The van der Waals surface area contributed by atoms with E-state index in [0.717, 1.165) is 4.90 Å². The predicted molar refractivity (Wildman–Crippen MR) is 75.9 cm³/mol. The Hall–Kier alpha value is -2.16. The number of aliphatic hydroxyl groups excluding tert-OH is 1. The van der Waals surface area contributed by atoms with Gasteiger partial charge >= 0.3 is 5.97 Å². The van der Waals surface area contributed by atoms with Crippen molar-refractivity contribution in [1.82, 2.24) is 0 Å². The summed E-state index contributed by atoms with van der Waals surface area (Å²) in [4.78, 5) is 33.5. The van der Waals surface area contributed by atoms with Gasteiger partial charge in [-0.3, -0.25) is 13.8 Å². The number of aliphatic hydroxyl groups is 1. The van der Waals surface area contributed by atoms with Gasteiger partial charge in [0, 0.05) is 12.2 Å². The standard InChI is InChI=1S/C10H7NO2.C3H6O4S/c12-9-6-7-10(13)11(9)8-4-2-1-3-5-8;1-6-8-7-3(5)2-4/h1-7H;4H,2H2,1H3. The maximum atomic E-state index is 11.2. The Bertz CT molecular complexity index is 513. The summed E-state index contributed by atoms with van der Waals surface area (Å²) in [5.74, 6) is -1.27. The van der Waals surface area contributed by atoms with Crippen LogP contribution in [0.1, 0.15) is 0 Å². The van der Waals surface area contributed by atoms with Gasteiger partial charge < -0.3 is 9.29 Å². The van der Waals surface area contributed by atoms with Crippen LogP contribution in [0.25, 0.3) is 0 Å². The fraction of sp³-hybridized carbons (Fsp3) is 0.154. The van der Waals surface area contributed by atoms with Crippen molar-refractivity contribution >= 4 is 35.8 Å². The Balaban J connectivity index is 0.000000240. The van der Waals surface area contributed by atoms with E-state index in [1.165, 1.54) is 19.3 Å². The van der Waals surface area contributed by atoms with Crippen molar-refractivity contribution in [2.75, 3.05) is 18.6 Å². The maximum Gasteiger partial charge on any atom is 0.345 e. The van der Waals surface area contributed by atoms with Gasteiger partial charge in [-0.05, 0) is 12.1 Å². The van der Waals surface area contributed by atoms with Crippen molar-refractivity contribution in [3.63, 3.8) is 0 Å². The van der Waals surface area contributed by atoms with E-state index in [2.05, 4.69) is 8.37 Å². The third kappa shape index (κ3) is 5.38. The molecule has 0 atom stereocenters. The Kier molecular flexibility index (Phi) is 7.16. The van der Waals surface area contributed by atoms with Gasteiger partial charge in [-0.1, -0.05) is 18.2 Å². The maximum absolute atomic E-state index is 11.2. The third-order valence-corrected chi connectivity index (χ3v) is 2.54. The minimum atomic E-state index is -0.711. The SMILES string of the molecule is COSOC(=O)CO.O=C1C=CC(=O)N1c1ccccc1. The highest BCUT2D eigenvalue weighted by molar-refractivity contribution is 7.90. The van der Waals surface area contributed by atoms with E-state index in [1.807, 2.05) is 6.07 Å². The minimum absolute atomic E-state index is 0.281. The van der Waals surface area contributed by atoms with Gasteiger partial charge in [0.15, 0.2) is 0 Å². The normalized spacial score (nSPS) is 13.0. The van der Waals surface area contributed by atoms with Crippen molar-refractivity contribution in [2.24, 2.45) is 0 Å². The number of hydrogen-bond donors (Lipinski definition) is 1. The first-order valence-electron chi connectivity index (χ1n) is 5.72. The van der Waals surface area contributed by atoms with Crippen LogP contribution < -0.4 is 4.90 Å². The van der Waals surface area contributed by atoms with E-state index in [9.17, 15) is 14.4 Å². The molecule has 0 saturated carbocycles. The molecular weight excluding hydrogens is 298 g/mol. The minimum Gasteiger partial charge on any atom is -0.385 e. The van der Waals surface area contributed by atoms with Crippen LogP contribution in [0.4, 0.5) is 5.69 Å².